The summed E-state index contributed by atoms with van der Waals surface area (Å²) in [6.45, 7) is 3.21. The van der Waals surface area contributed by atoms with Crippen molar-refractivity contribution in [2.45, 2.75) is 33.1 Å². The van der Waals surface area contributed by atoms with Gasteiger partial charge >= 0.3 is 0 Å². The second-order valence-corrected chi connectivity index (χ2v) is 2.88. The number of carbonyl (C=O) groups excluding carboxylic acids is 1. The molecule has 0 aromatic carbocycles. The minimum Gasteiger partial charge on any atom is -0.300 e. The second kappa shape index (κ2) is 11.4. The fraction of sp³-hybridized carbons (Fsp3) is 0.462. The topological polar surface area (TPSA) is 17.1 Å². The normalized spacial score (nSPS) is 7.43. The molecule has 0 rings (SSSR count). The van der Waals surface area contributed by atoms with E-state index in [2.05, 4.69) is 24.2 Å². The summed E-state index contributed by atoms with van der Waals surface area (Å²) in [6.07, 6.45) is 16.5. The molecule has 0 aromatic rings. The van der Waals surface area contributed by atoms with Gasteiger partial charge in [0.25, 0.3) is 0 Å². The number of hydrogen-bond acceptors (Lipinski definition) is 1. The quantitative estimate of drug-likeness (QED) is 0.618. The Balaban J connectivity index is 0. The van der Waals surface area contributed by atoms with Crippen LogP contribution in [0.25, 0.3) is 0 Å². The van der Waals surface area contributed by atoms with E-state index in [4.69, 9.17) is 12.8 Å². The van der Waals surface area contributed by atoms with Gasteiger partial charge in [0.15, 0.2) is 0 Å². The highest BCUT2D eigenvalue weighted by atomic mass is 16.1. The largest absolute Gasteiger partial charge is 0.300 e. The monoisotopic (exact) mass is 188 g/mol. The molecule has 0 N–H and O–H groups in total. The van der Waals surface area contributed by atoms with E-state index in [0.717, 1.165) is 0 Å². The molecule has 0 fully saturated rings. The zero-order chi connectivity index (χ0) is 11.4. The maximum absolute atomic E-state index is 10.7. The standard InChI is InChI=1S/C10H12O.C3H4/c1-4-6-10(7-5-2)8-9(3)11;1-3-2/h1-2,10H,6-8H2,3H3;1H,2H3. The minimum absolute atomic E-state index is 0.153. The van der Waals surface area contributed by atoms with Crippen molar-refractivity contribution in [1.29, 1.82) is 0 Å². The molecule has 1 nitrogen and oxygen atoms in total. The van der Waals surface area contributed by atoms with Gasteiger partial charge in [0.2, 0.25) is 0 Å². The van der Waals surface area contributed by atoms with E-state index in [1.807, 2.05) is 0 Å². The Labute approximate surface area is 87.3 Å². The lowest BCUT2D eigenvalue weighted by molar-refractivity contribution is -0.117. The summed E-state index contributed by atoms with van der Waals surface area (Å²) in [4.78, 5) is 10.7. The van der Waals surface area contributed by atoms with Gasteiger partial charge in [-0.15, -0.1) is 37.0 Å². The van der Waals surface area contributed by atoms with Gasteiger partial charge in [-0.25, -0.2) is 0 Å². The summed E-state index contributed by atoms with van der Waals surface area (Å²) in [5.41, 5.74) is 0. The van der Waals surface area contributed by atoms with Crippen LogP contribution in [0.5, 0.6) is 0 Å². The van der Waals surface area contributed by atoms with Crippen LogP contribution in [-0.4, -0.2) is 5.78 Å². The third-order valence-electron chi connectivity index (χ3n) is 1.39. The first kappa shape index (κ1) is 14.9. The van der Waals surface area contributed by atoms with Crippen molar-refractivity contribution in [3.8, 4) is 37.0 Å². The van der Waals surface area contributed by atoms with Crippen molar-refractivity contribution in [3.05, 3.63) is 0 Å². The Bertz CT molecular complexity index is 251. The number of ketones is 1. The molecule has 1 heteroatoms. The summed E-state index contributed by atoms with van der Waals surface area (Å²) in [7, 11) is 0. The lowest BCUT2D eigenvalue weighted by Crippen LogP contribution is -2.04. The highest BCUT2D eigenvalue weighted by Crippen LogP contribution is 2.11. The van der Waals surface area contributed by atoms with E-state index in [0.29, 0.717) is 19.3 Å². The maximum atomic E-state index is 10.7. The molecule has 0 saturated carbocycles. The predicted molar refractivity (Wildman–Crippen MR) is 60.2 cm³/mol. The summed E-state index contributed by atoms with van der Waals surface area (Å²) >= 11 is 0. The maximum Gasteiger partial charge on any atom is 0.130 e. The zero-order valence-electron chi connectivity index (χ0n) is 8.84. The van der Waals surface area contributed by atoms with Crippen LogP contribution in [0.3, 0.4) is 0 Å². The van der Waals surface area contributed by atoms with E-state index in [1.165, 1.54) is 0 Å². The molecule has 0 spiro atoms. The molecule has 0 radical (unpaired) electrons. The minimum atomic E-state index is 0.153. The van der Waals surface area contributed by atoms with Crippen LogP contribution in [0.4, 0.5) is 0 Å². The smallest absolute Gasteiger partial charge is 0.130 e. The molecular formula is C13H16O. The number of hydrogen-bond donors (Lipinski definition) is 0. The molecule has 74 valence electrons. The number of carbonyl (C=O) groups is 1. The molecule has 0 bridgehead atoms. The average molecular weight is 188 g/mol. The second-order valence-electron chi connectivity index (χ2n) is 2.88. The van der Waals surface area contributed by atoms with Crippen LogP contribution in [0.15, 0.2) is 0 Å². The molecule has 0 unspecified atom stereocenters. The van der Waals surface area contributed by atoms with E-state index < -0.39 is 0 Å². The van der Waals surface area contributed by atoms with Crippen LogP contribution in [0, 0.1) is 42.9 Å². The van der Waals surface area contributed by atoms with E-state index in [-0.39, 0.29) is 11.7 Å². The number of terminal acetylenes is 3. The number of Topliss-reactive ketones (excluding diaryl/α,β-unsaturated/α-hetero) is 1. The molecule has 0 heterocycles. The van der Waals surface area contributed by atoms with E-state index >= 15 is 0 Å². The van der Waals surface area contributed by atoms with Crippen molar-refractivity contribution in [2.75, 3.05) is 0 Å². The highest BCUT2D eigenvalue weighted by Gasteiger charge is 2.07. The van der Waals surface area contributed by atoms with Crippen molar-refractivity contribution in [1.82, 2.24) is 0 Å². The van der Waals surface area contributed by atoms with Gasteiger partial charge in [-0.1, -0.05) is 0 Å². The lowest BCUT2D eigenvalue weighted by Gasteiger charge is -2.06. The Kier molecular flexibility index (Phi) is 12.0. The zero-order valence-corrected chi connectivity index (χ0v) is 8.84. The molecule has 0 aliphatic rings. The summed E-state index contributed by atoms with van der Waals surface area (Å²) < 4.78 is 0. The van der Waals surface area contributed by atoms with Crippen molar-refractivity contribution >= 4 is 5.78 Å². The summed E-state index contributed by atoms with van der Waals surface area (Å²) in [5.74, 6) is 7.61. The first-order chi connectivity index (χ1) is 6.62. The van der Waals surface area contributed by atoms with Crippen LogP contribution >= 0.6 is 0 Å². The highest BCUT2D eigenvalue weighted by molar-refractivity contribution is 5.75. The molecule has 0 atom stereocenters. The van der Waals surface area contributed by atoms with Crippen LogP contribution < -0.4 is 0 Å². The van der Waals surface area contributed by atoms with Gasteiger partial charge in [-0.3, -0.25) is 0 Å². The van der Waals surface area contributed by atoms with E-state index in [9.17, 15) is 4.79 Å². The molecule has 0 aliphatic carbocycles. The third-order valence-corrected chi connectivity index (χ3v) is 1.39. The van der Waals surface area contributed by atoms with Gasteiger partial charge in [-0.2, -0.15) is 0 Å². The first-order valence-electron chi connectivity index (χ1n) is 4.36. The predicted octanol–water partition coefficient (Wildman–Crippen LogP) is 2.27. The molecule has 14 heavy (non-hydrogen) atoms. The van der Waals surface area contributed by atoms with Gasteiger partial charge in [0.1, 0.15) is 5.78 Å². The Hall–Kier alpha value is -1.65. The SMILES string of the molecule is C#CC.C#CCC(CC#C)CC(C)=O. The Morgan fingerprint density at radius 1 is 1.21 bits per heavy atom. The van der Waals surface area contributed by atoms with Gasteiger partial charge in [0, 0.05) is 19.3 Å². The Morgan fingerprint density at radius 3 is 1.79 bits per heavy atom. The molecule has 0 saturated heterocycles. The Morgan fingerprint density at radius 2 is 1.57 bits per heavy atom. The lowest BCUT2D eigenvalue weighted by atomic mass is 9.96. The van der Waals surface area contributed by atoms with Crippen LogP contribution in [0.1, 0.15) is 33.1 Å². The summed E-state index contributed by atoms with van der Waals surface area (Å²) in [6, 6.07) is 0. The van der Waals surface area contributed by atoms with Crippen molar-refractivity contribution in [2.24, 2.45) is 5.92 Å². The third kappa shape index (κ3) is 13.0. The molecule has 0 amide bonds. The van der Waals surface area contributed by atoms with Crippen molar-refractivity contribution < 1.29 is 4.79 Å². The number of rotatable bonds is 4. The fourth-order valence-corrected chi connectivity index (χ4v) is 0.956. The van der Waals surface area contributed by atoms with Crippen LogP contribution in [-0.2, 0) is 4.79 Å². The van der Waals surface area contributed by atoms with Crippen LogP contribution in [0.2, 0.25) is 0 Å². The molecule has 0 aliphatic heterocycles. The van der Waals surface area contributed by atoms with E-state index in [1.54, 1.807) is 13.8 Å². The van der Waals surface area contributed by atoms with Gasteiger partial charge in [-0.05, 0) is 19.8 Å². The molecular weight excluding hydrogens is 172 g/mol. The summed E-state index contributed by atoms with van der Waals surface area (Å²) in [5, 5.41) is 0. The first-order valence-corrected chi connectivity index (χ1v) is 4.36. The molecule has 0 aromatic heterocycles. The van der Waals surface area contributed by atoms with Gasteiger partial charge < -0.3 is 4.79 Å². The van der Waals surface area contributed by atoms with Gasteiger partial charge in [0.05, 0.1) is 0 Å². The fourth-order valence-electron chi connectivity index (χ4n) is 0.956. The van der Waals surface area contributed by atoms with Crippen molar-refractivity contribution in [3.63, 3.8) is 0 Å². The average Bonchev–Trinajstić information content (AvgIpc) is 2.05.